The Labute approximate surface area is 196 Å². The third-order valence-electron chi connectivity index (χ3n) is 6.58. The van der Waals surface area contributed by atoms with Crippen LogP contribution >= 0.6 is 0 Å². The van der Waals surface area contributed by atoms with E-state index in [1.807, 2.05) is 6.92 Å². The first-order valence-corrected chi connectivity index (χ1v) is 12.1. The number of esters is 1. The van der Waals surface area contributed by atoms with Gasteiger partial charge in [0.15, 0.2) is 0 Å². The first-order valence-electron chi connectivity index (χ1n) is 12.1. The average molecular weight is 460 g/mol. The third-order valence-corrected chi connectivity index (χ3v) is 6.58. The highest BCUT2D eigenvalue weighted by atomic mass is 16.5. The van der Waals surface area contributed by atoms with Crippen molar-refractivity contribution < 1.29 is 23.9 Å². The molecule has 2 N–H and O–H groups in total. The highest BCUT2D eigenvalue weighted by Crippen LogP contribution is 2.34. The summed E-state index contributed by atoms with van der Waals surface area (Å²) in [5.41, 5.74) is 1.07. The predicted molar refractivity (Wildman–Crippen MR) is 126 cm³/mol. The lowest BCUT2D eigenvalue weighted by molar-refractivity contribution is -0.143. The lowest BCUT2D eigenvalue weighted by Gasteiger charge is -2.49. The predicted octanol–water partition coefficient (Wildman–Crippen LogP) is 3.50. The van der Waals surface area contributed by atoms with Crippen molar-refractivity contribution in [1.29, 1.82) is 0 Å². The summed E-state index contributed by atoms with van der Waals surface area (Å²) in [5.74, 6) is 0.0123. The highest BCUT2D eigenvalue weighted by Gasteiger charge is 2.38. The average Bonchev–Trinajstić information content (AvgIpc) is 2.76. The summed E-state index contributed by atoms with van der Waals surface area (Å²) in [7, 11) is 1.52. The van der Waals surface area contributed by atoms with Crippen LogP contribution < -0.4 is 15.4 Å². The molecule has 3 rings (SSSR count). The Bertz CT molecular complexity index is 829. The molecule has 0 aromatic heterocycles. The molecular weight excluding hydrogens is 422 g/mol. The fourth-order valence-electron chi connectivity index (χ4n) is 5.18. The minimum atomic E-state index is -0.173. The number of fused-ring (bicyclic) bond motifs is 2. The van der Waals surface area contributed by atoms with Crippen LogP contribution in [0.4, 0.5) is 5.69 Å². The Morgan fingerprint density at radius 2 is 1.85 bits per heavy atom. The Morgan fingerprint density at radius 1 is 1.12 bits per heavy atom. The lowest BCUT2D eigenvalue weighted by Crippen LogP contribution is -2.57. The quantitative estimate of drug-likeness (QED) is 0.411. The van der Waals surface area contributed by atoms with E-state index in [1.165, 1.54) is 20.5 Å². The van der Waals surface area contributed by atoms with Crippen LogP contribution in [0, 0.1) is 0 Å². The molecule has 2 aliphatic rings. The summed E-state index contributed by atoms with van der Waals surface area (Å²) in [6.07, 6.45) is 7.72. The van der Waals surface area contributed by atoms with Gasteiger partial charge >= 0.3 is 5.97 Å². The second-order valence-electron chi connectivity index (χ2n) is 8.98. The molecule has 2 unspecified atom stereocenters. The number of unbranched alkanes of at least 4 members (excludes halogenated alkanes) is 1. The number of nitrogens with one attached hydrogen (secondary N) is 2. The molecule has 8 nitrogen and oxygen atoms in total. The van der Waals surface area contributed by atoms with Crippen molar-refractivity contribution in [3.8, 4) is 5.75 Å². The van der Waals surface area contributed by atoms with Gasteiger partial charge in [-0.1, -0.05) is 6.42 Å². The van der Waals surface area contributed by atoms with E-state index in [-0.39, 0.29) is 23.8 Å². The van der Waals surface area contributed by atoms with Crippen LogP contribution in [-0.4, -0.2) is 61.1 Å². The number of carbonyl (C=O) groups is 3. The number of hydrogen-bond acceptors (Lipinski definition) is 6. The summed E-state index contributed by atoms with van der Waals surface area (Å²) >= 11 is 0. The first kappa shape index (κ1) is 25.0. The number of nitrogens with zero attached hydrogens (tertiary/aromatic N) is 1. The van der Waals surface area contributed by atoms with E-state index in [0.717, 1.165) is 45.1 Å². The van der Waals surface area contributed by atoms with Gasteiger partial charge in [-0.15, -0.1) is 0 Å². The number of benzene rings is 1. The standard InChI is InChI=1S/C25H37N3O5/c1-4-33-24(30)10-5-6-13-28-20-8-7-9-21(28)15-19(14-20)27-25(31)22-12-11-18(26-17(2)29)16-23(22)32-3/h11-12,16,19-21H,4-10,13-15H2,1-3H3,(H,26,29)(H,27,31). The summed E-state index contributed by atoms with van der Waals surface area (Å²) < 4.78 is 10.4. The van der Waals surface area contributed by atoms with E-state index < -0.39 is 0 Å². The lowest BCUT2D eigenvalue weighted by atomic mass is 9.81. The van der Waals surface area contributed by atoms with Crippen LogP contribution in [0.5, 0.6) is 5.75 Å². The number of rotatable bonds is 10. The molecule has 2 amide bonds. The van der Waals surface area contributed by atoms with Crippen molar-refractivity contribution in [3.63, 3.8) is 0 Å². The molecule has 1 aromatic rings. The largest absolute Gasteiger partial charge is 0.496 e. The van der Waals surface area contributed by atoms with Crippen molar-refractivity contribution in [3.05, 3.63) is 23.8 Å². The van der Waals surface area contributed by atoms with E-state index in [1.54, 1.807) is 18.2 Å². The minimum absolute atomic E-state index is 0.111. The van der Waals surface area contributed by atoms with Crippen LogP contribution in [0.3, 0.4) is 0 Å². The van der Waals surface area contributed by atoms with E-state index in [2.05, 4.69) is 15.5 Å². The molecule has 2 fully saturated rings. The number of carbonyl (C=O) groups excluding carboxylic acids is 3. The van der Waals surface area contributed by atoms with Crippen LogP contribution in [-0.2, 0) is 14.3 Å². The van der Waals surface area contributed by atoms with Crippen LogP contribution in [0.1, 0.15) is 75.6 Å². The van der Waals surface area contributed by atoms with Crippen molar-refractivity contribution in [2.45, 2.75) is 83.3 Å². The summed E-state index contributed by atoms with van der Waals surface area (Å²) in [6, 6.07) is 6.14. The molecule has 0 aliphatic carbocycles. The second-order valence-corrected chi connectivity index (χ2v) is 8.98. The summed E-state index contributed by atoms with van der Waals surface area (Å²) in [6.45, 7) is 4.71. The van der Waals surface area contributed by atoms with Gasteiger partial charge in [-0.3, -0.25) is 19.3 Å². The second kappa shape index (κ2) is 12.0. The van der Waals surface area contributed by atoms with Crippen molar-refractivity contribution in [2.24, 2.45) is 0 Å². The number of amides is 2. The Hall–Kier alpha value is -2.61. The van der Waals surface area contributed by atoms with Crippen molar-refractivity contribution >= 4 is 23.5 Å². The molecule has 0 radical (unpaired) electrons. The smallest absolute Gasteiger partial charge is 0.305 e. The molecule has 33 heavy (non-hydrogen) atoms. The number of hydrogen-bond donors (Lipinski definition) is 2. The third kappa shape index (κ3) is 6.93. The fourth-order valence-corrected chi connectivity index (χ4v) is 5.18. The number of piperidine rings is 2. The number of methoxy groups -OCH3 is 1. The highest BCUT2D eigenvalue weighted by molar-refractivity contribution is 5.98. The van der Waals surface area contributed by atoms with Gasteiger partial charge in [0.25, 0.3) is 5.91 Å². The van der Waals surface area contributed by atoms with Crippen molar-refractivity contribution in [2.75, 3.05) is 25.6 Å². The van der Waals surface area contributed by atoms with Gasteiger partial charge in [0, 0.05) is 43.2 Å². The van der Waals surface area contributed by atoms with Gasteiger partial charge in [-0.05, 0) is 64.1 Å². The molecular formula is C25H37N3O5. The van der Waals surface area contributed by atoms with Crippen LogP contribution in [0.2, 0.25) is 0 Å². The molecule has 1 aromatic carbocycles. The molecule has 2 bridgehead atoms. The minimum Gasteiger partial charge on any atom is -0.496 e. The Morgan fingerprint density at radius 3 is 2.48 bits per heavy atom. The Kier molecular flexibility index (Phi) is 9.11. The maximum absolute atomic E-state index is 13.0. The molecule has 2 aliphatic heterocycles. The monoisotopic (exact) mass is 459 g/mol. The van der Waals surface area contributed by atoms with Gasteiger partial charge in [0.05, 0.1) is 19.3 Å². The number of anilines is 1. The Balaban J connectivity index is 1.55. The SMILES string of the molecule is CCOC(=O)CCCCN1C2CCCC1CC(NC(=O)c1ccc(NC(C)=O)cc1OC)C2. The molecule has 2 atom stereocenters. The van der Waals surface area contributed by atoms with Crippen LogP contribution in [0.25, 0.3) is 0 Å². The van der Waals surface area contributed by atoms with Gasteiger partial charge in [0.1, 0.15) is 5.75 Å². The molecule has 182 valence electrons. The van der Waals surface area contributed by atoms with E-state index >= 15 is 0 Å². The first-order chi connectivity index (χ1) is 15.9. The van der Waals surface area contributed by atoms with Crippen LogP contribution in [0.15, 0.2) is 18.2 Å². The fraction of sp³-hybridized carbons (Fsp3) is 0.640. The van der Waals surface area contributed by atoms with Gasteiger partial charge in [-0.2, -0.15) is 0 Å². The van der Waals surface area contributed by atoms with Gasteiger partial charge < -0.3 is 20.1 Å². The topological polar surface area (TPSA) is 97.0 Å². The zero-order chi connectivity index (χ0) is 23.8. The van der Waals surface area contributed by atoms with E-state index in [9.17, 15) is 14.4 Å². The van der Waals surface area contributed by atoms with E-state index in [4.69, 9.17) is 9.47 Å². The normalized spacial score (nSPS) is 22.3. The van der Waals surface area contributed by atoms with Gasteiger partial charge in [0.2, 0.25) is 5.91 Å². The van der Waals surface area contributed by atoms with Gasteiger partial charge in [-0.25, -0.2) is 0 Å². The summed E-state index contributed by atoms with van der Waals surface area (Å²) in [4.78, 5) is 38.5. The molecule has 0 spiro atoms. The van der Waals surface area contributed by atoms with E-state index in [0.29, 0.717) is 42.1 Å². The maximum atomic E-state index is 13.0. The number of ether oxygens (including phenoxy) is 2. The van der Waals surface area contributed by atoms with Crippen molar-refractivity contribution in [1.82, 2.24) is 10.2 Å². The zero-order valence-electron chi connectivity index (χ0n) is 20.0. The summed E-state index contributed by atoms with van der Waals surface area (Å²) in [5, 5.41) is 5.93. The zero-order valence-corrected chi connectivity index (χ0v) is 20.0. The molecule has 2 saturated heterocycles. The molecule has 8 heteroatoms. The molecule has 0 saturated carbocycles. The maximum Gasteiger partial charge on any atom is 0.305 e. The molecule has 2 heterocycles.